The van der Waals surface area contributed by atoms with Gasteiger partial charge in [-0.2, -0.15) is 0 Å². The molecule has 4 unspecified atom stereocenters. The molecule has 2 spiro atoms. The number of allylic oxidation sites excluding steroid dienone is 1. The molecule has 4 heterocycles. The fourth-order valence-corrected chi connectivity index (χ4v) is 7.18. The zero-order chi connectivity index (χ0) is 25.7. The molecule has 0 radical (unpaired) electrons. The van der Waals surface area contributed by atoms with E-state index in [0.717, 1.165) is 32.1 Å². The fourth-order valence-electron chi connectivity index (χ4n) is 7.18. The van der Waals surface area contributed by atoms with Crippen molar-refractivity contribution in [2.45, 2.75) is 95.2 Å². The Morgan fingerprint density at radius 2 is 1.86 bits per heavy atom. The van der Waals surface area contributed by atoms with E-state index in [1.165, 1.54) is 5.57 Å². The number of amides is 1. The van der Waals surface area contributed by atoms with Crippen LogP contribution in [0, 0.1) is 11.3 Å². The summed E-state index contributed by atoms with van der Waals surface area (Å²) in [7, 11) is 1.69. The van der Waals surface area contributed by atoms with Crippen LogP contribution in [0.15, 0.2) is 11.6 Å². The number of piperidine rings is 1. The summed E-state index contributed by atoms with van der Waals surface area (Å²) in [5.74, 6) is 0.00111. The number of rotatable bonds is 7. The summed E-state index contributed by atoms with van der Waals surface area (Å²) in [4.78, 5) is 16.9. The molecule has 5 aliphatic rings. The van der Waals surface area contributed by atoms with Gasteiger partial charge in [0.2, 0.25) is 0 Å². The van der Waals surface area contributed by atoms with Crippen molar-refractivity contribution in [2.75, 3.05) is 46.4 Å². The minimum absolute atomic E-state index is 0.00111. The maximum Gasteiger partial charge on any atom is 0.410 e. The van der Waals surface area contributed by atoms with Crippen molar-refractivity contribution in [1.29, 1.82) is 0 Å². The molecule has 9 heteroatoms. The summed E-state index contributed by atoms with van der Waals surface area (Å²) in [5.41, 5.74) is 0.680. The van der Waals surface area contributed by atoms with Gasteiger partial charge in [0.15, 0.2) is 0 Å². The van der Waals surface area contributed by atoms with Gasteiger partial charge in [0.05, 0.1) is 25.2 Å². The summed E-state index contributed by atoms with van der Waals surface area (Å²) in [6.07, 6.45) is 4.08. The molecule has 4 aliphatic heterocycles. The van der Waals surface area contributed by atoms with E-state index in [1.54, 1.807) is 7.11 Å². The molecular formula is C27H42F2N2O5. The van der Waals surface area contributed by atoms with Gasteiger partial charge in [-0.3, -0.25) is 4.90 Å². The Balaban J connectivity index is 1.20. The monoisotopic (exact) mass is 512 g/mol. The lowest BCUT2D eigenvalue weighted by molar-refractivity contribution is -0.121. The molecule has 0 aromatic carbocycles. The van der Waals surface area contributed by atoms with E-state index in [1.807, 2.05) is 9.80 Å². The highest BCUT2D eigenvalue weighted by Crippen LogP contribution is 2.59. The van der Waals surface area contributed by atoms with Crippen molar-refractivity contribution < 1.29 is 32.5 Å². The highest BCUT2D eigenvalue weighted by molar-refractivity contribution is 5.68. The highest BCUT2D eigenvalue weighted by Gasteiger charge is 2.72. The maximum absolute atomic E-state index is 13.3. The van der Waals surface area contributed by atoms with Crippen LogP contribution in [0.5, 0.6) is 0 Å². The van der Waals surface area contributed by atoms with E-state index in [-0.39, 0.29) is 53.5 Å². The van der Waals surface area contributed by atoms with Gasteiger partial charge in [-0.05, 0) is 77.8 Å². The predicted molar refractivity (Wildman–Crippen MR) is 130 cm³/mol. The number of hydrogen-bond acceptors (Lipinski definition) is 6. The van der Waals surface area contributed by atoms with Crippen LogP contribution in [0.2, 0.25) is 0 Å². The number of epoxide rings is 2. The molecule has 7 nitrogen and oxygen atoms in total. The molecule has 1 aliphatic carbocycles. The first-order valence-corrected chi connectivity index (χ1v) is 13.5. The molecule has 36 heavy (non-hydrogen) atoms. The molecule has 204 valence electrons. The first-order valence-electron chi connectivity index (χ1n) is 13.5. The van der Waals surface area contributed by atoms with Crippen molar-refractivity contribution in [3.8, 4) is 0 Å². The average molecular weight is 513 g/mol. The number of alkyl halides is 2. The van der Waals surface area contributed by atoms with Crippen LogP contribution >= 0.6 is 0 Å². The maximum atomic E-state index is 13.3. The Kier molecular flexibility index (Phi) is 7.16. The first-order chi connectivity index (χ1) is 17.1. The molecule has 1 amide bonds. The van der Waals surface area contributed by atoms with E-state index < -0.39 is 6.43 Å². The lowest BCUT2D eigenvalue weighted by Gasteiger charge is -2.43. The molecule has 4 saturated heterocycles. The molecule has 5 rings (SSSR count). The Hall–Kier alpha value is -1.29. The van der Waals surface area contributed by atoms with E-state index in [2.05, 4.69) is 26.8 Å². The van der Waals surface area contributed by atoms with Gasteiger partial charge in [0, 0.05) is 20.2 Å². The first kappa shape index (κ1) is 26.3. The van der Waals surface area contributed by atoms with Crippen molar-refractivity contribution >= 4 is 6.09 Å². The van der Waals surface area contributed by atoms with Gasteiger partial charge in [-0.25, -0.2) is 13.6 Å². The highest BCUT2D eigenvalue weighted by atomic mass is 19.3. The third-order valence-electron chi connectivity index (χ3n) is 9.50. The zero-order valence-corrected chi connectivity index (χ0v) is 22.1. The standard InChI is InChI=1S/C27H42F2N2O5/c1-18(2)5-6-20-25(3,36-20)23-22(33-4)19(7-8-27(23)17-34-27)35-24(32)31-14-11-26(16-31)9-12-30(13-10-26)15-21(28)29/h5,19-23H,6-17H2,1-4H3/t19?,20-,22?,23?,25+,27?/m1/s1. The molecule has 6 atom stereocenters. The normalized spacial score (nSPS) is 39.6. The number of methoxy groups -OCH3 is 1. The number of likely N-dealkylation sites (tertiary alicyclic amines) is 2. The lowest BCUT2D eigenvalue weighted by atomic mass is 9.68. The van der Waals surface area contributed by atoms with Crippen LogP contribution in [0.3, 0.4) is 0 Å². The number of ether oxygens (including phenoxy) is 4. The number of halogens is 2. The second-order valence-electron chi connectivity index (χ2n) is 12.2. The van der Waals surface area contributed by atoms with Crippen molar-refractivity contribution in [3.63, 3.8) is 0 Å². The summed E-state index contributed by atoms with van der Waals surface area (Å²) in [6.45, 7) is 9.49. The summed E-state index contributed by atoms with van der Waals surface area (Å²) >= 11 is 0. The van der Waals surface area contributed by atoms with Crippen LogP contribution in [0.1, 0.15) is 59.3 Å². The van der Waals surface area contributed by atoms with E-state index in [9.17, 15) is 13.6 Å². The van der Waals surface area contributed by atoms with Gasteiger partial charge >= 0.3 is 6.09 Å². The van der Waals surface area contributed by atoms with Crippen molar-refractivity contribution in [3.05, 3.63) is 11.6 Å². The van der Waals surface area contributed by atoms with Gasteiger partial charge in [-0.1, -0.05) is 11.6 Å². The SMILES string of the molecule is COC1C(OC(=O)N2CCC3(CCN(CC(F)F)CC3)C2)CCC2(CO2)C1[C@@]1(C)O[C@@H]1CC=C(C)C. The topological polar surface area (TPSA) is 67.1 Å². The van der Waals surface area contributed by atoms with Gasteiger partial charge in [-0.15, -0.1) is 0 Å². The van der Waals surface area contributed by atoms with E-state index in [4.69, 9.17) is 18.9 Å². The Morgan fingerprint density at radius 1 is 1.17 bits per heavy atom. The van der Waals surface area contributed by atoms with E-state index in [0.29, 0.717) is 39.2 Å². The lowest BCUT2D eigenvalue weighted by Crippen LogP contribution is -2.56. The Morgan fingerprint density at radius 3 is 2.47 bits per heavy atom. The van der Waals surface area contributed by atoms with Crippen LogP contribution in [0.4, 0.5) is 13.6 Å². The molecule has 0 bridgehead atoms. The van der Waals surface area contributed by atoms with Gasteiger partial charge in [0.25, 0.3) is 6.43 Å². The number of carbonyl (C=O) groups excluding carboxylic acids is 1. The largest absolute Gasteiger partial charge is 0.443 e. The number of carbonyl (C=O) groups is 1. The zero-order valence-electron chi connectivity index (χ0n) is 22.1. The Bertz CT molecular complexity index is 853. The van der Waals surface area contributed by atoms with Crippen LogP contribution in [0.25, 0.3) is 0 Å². The smallest absolute Gasteiger partial charge is 0.410 e. The van der Waals surface area contributed by atoms with Gasteiger partial charge < -0.3 is 23.8 Å². The molecule has 5 fully saturated rings. The molecular weight excluding hydrogens is 470 g/mol. The molecule has 1 saturated carbocycles. The number of nitrogens with zero attached hydrogens (tertiary/aromatic N) is 2. The predicted octanol–water partition coefficient (Wildman–Crippen LogP) is 4.25. The quantitative estimate of drug-likeness (QED) is 0.375. The third kappa shape index (κ3) is 5.05. The second-order valence-corrected chi connectivity index (χ2v) is 12.2. The minimum Gasteiger partial charge on any atom is -0.443 e. The van der Waals surface area contributed by atoms with Gasteiger partial charge in [0.1, 0.15) is 23.4 Å². The van der Waals surface area contributed by atoms with Crippen LogP contribution < -0.4 is 0 Å². The second kappa shape index (κ2) is 9.79. The molecule has 0 aromatic rings. The van der Waals surface area contributed by atoms with Crippen molar-refractivity contribution in [1.82, 2.24) is 9.80 Å². The van der Waals surface area contributed by atoms with E-state index >= 15 is 0 Å². The van der Waals surface area contributed by atoms with Crippen LogP contribution in [-0.4, -0.2) is 98.3 Å². The number of hydrogen-bond donors (Lipinski definition) is 0. The van der Waals surface area contributed by atoms with Crippen molar-refractivity contribution in [2.24, 2.45) is 11.3 Å². The Labute approximate surface area is 213 Å². The molecule has 0 N–H and O–H groups in total. The average Bonchev–Trinajstić information content (AvgIpc) is 3.70. The summed E-state index contributed by atoms with van der Waals surface area (Å²) in [6, 6.07) is 0. The third-order valence-corrected chi connectivity index (χ3v) is 9.50. The minimum atomic E-state index is -2.30. The summed E-state index contributed by atoms with van der Waals surface area (Å²) in [5, 5.41) is 0. The molecule has 0 aromatic heterocycles. The summed E-state index contributed by atoms with van der Waals surface area (Å²) < 4.78 is 49.9. The fraction of sp³-hybridized carbons (Fsp3) is 0.889. The van der Waals surface area contributed by atoms with Crippen LogP contribution in [-0.2, 0) is 18.9 Å².